The third-order valence-electron chi connectivity index (χ3n) is 1.00. The maximum Gasteiger partial charge on any atom is 0.329 e. The molecule has 0 atom stereocenters. The molecule has 0 saturated heterocycles. The molecule has 0 rings (SSSR count). The molecule has 0 spiro atoms. The van der Waals surface area contributed by atoms with Gasteiger partial charge >= 0.3 is 23.9 Å². The third-order valence-corrected chi connectivity index (χ3v) is 1.00. The Morgan fingerprint density at radius 3 is 0.676 bits per heavy atom. The fraction of sp³-hybridized carbons (Fsp3) is 0.429. The molecular formula is C14H30N4O16. The van der Waals surface area contributed by atoms with Crippen molar-refractivity contribution in [3.05, 3.63) is 0 Å². The average molecular weight is 510 g/mol. The number of carbonyl (C=O) groups excluding carboxylic acids is 4. The molecule has 0 aromatic rings. The van der Waals surface area contributed by atoms with Gasteiger partial charge in [-0.1, -0.05) is 0 Å². The smallest absolute Gasteiger partial charge is 0.329 e. The van der Waals surface area contributed by atoms with Crippen molar-refractivity contribution in [3.63, 3.8) is 0 Å². The first-order chi connectivity index (χ1) is 15.8. The van der Waals surface area contributed by atoms with Gasteiger partial charge < -0.3 is 63.0 Å². The fourth-order valence-corrected chi connectivity index (χ4v) is 0.451. The Balaban J connectivity index is -0.0000000539. The highest BCUT2D eigenvalue weighted by atomic mass is 16.5. The van der Waals surface area contributed by atoms with Crippen LogP contribution >= 0.6 is 0 Å². The van der Waals surface area contributed by atoms with E-state index in [9.17, 15) is 19.2 Å². The first-order valence-corrected chi connectivity index (χ1v) is 7.69. The van der Waals surface area contributed by atoms with E-state index in [-0.39, 0.29) is 38.9 Å². The molecule has 0 fully saturated rings. The molecule has 0 aromatic heterocycles. The van der Waals surface area contributed by atoms with Crippen LogP contribution in [0.1, 0.15) is 0 Å². The number of carboxylic acid groups (broad SMARTS) is 4. The summed E-state index contributed by atoms with van der Waals surface area (Å²) in [6.45, 7) is -2.50. The minimum Gasteiger partial charge on any atom is -0.480 e. The molecule has 20 heteroatoms. The minimum absolute atomic E-state index is 0.125. The molecule has 0 aliphatic rings. The predicted molar refractivity (Wildman–Crippen MR) is 107 cm³/mol. The summed E-state index contributed by atoms with van der Waals surface area (Å²) in [5.41, 5.74) is 16.7. The molecule has 0 unspecified atom stereocenters. The maximum absolute atomic E-state index is 9.66. The van der Waals surface area contributed by atoms with Gasteiger partial charge in [0.2, 0.25) is 25.6 Å². The van der Waals surface area contributed by atoms with Crippen molar-refractivity contribution < 1.29 is 78.5 Å². The van der Waals surface area contributed by atoms with Crippen molar-refractivity contribution >= 4 is 49.5 Å². The van der Waals surface area contributed by atoms with Crippen LogP contribution in [-0.4, -0.2) is 120 Å². The quantitative estimate of drug-likeness (QED) is 0.129. The van der Waals surface area contributed by atoms with Gasteiger partial charge in [-0.05, 0) is 0 Å². The molecule has 0 aliphatic carbocycles. The number of carboxylic acids is 4. The number of primary amides is 4. The summed E-state index contributed by atoms with van der Waals surface area (Å²) in [7, 11) is 0. The van der Waals surface area contributed by atoms with Crippen LogP contribution in [0.4, 0.5) is 0 Å². The zero-order chi connectivity index (χ0) is 28.8. The van der Waals surface area contributed by atoms with E-state index in [1.54, 1.807) is 0 Å². The molecule has 0 heterocycles. The molecule has 0 aliphatic heterocycles. The Labute approximate surface area is 191 Å². The van der Waals surface area contributed by atoms with Crippen molar-refractivity contribution in [2.45, 2.75) is 0 Å². The highest BCUT2D eigenvalue weighted by Crippen LogP contribution is 1.73. The van der Waals surface area contributed by atoms with Crippen molar-refractivity contribution in [2.24, 2.45) is 22.9 Å². The summed E-state index contributed by atoms with van der Waals surface area (Å²) in [4.78, 5) is 73.0. The van der Waals surface area contributed by atoms with E-state index in [1.165, 1.54) is 0 Å². The Bertz CT molecular complexity index is 420. The van der Waals surface area contributed by atoms with Gasteiger partial charge in [0, 0.05) is 0 Å². The lowest BCUT2D eigenvalue weighted by Gasteiger charge is -1.92. The maximum atomic E-state index is 9.66. The van der Waals surface area contributed by atoms with E-state index in [4.69, 9.17) is 49.8 Å². The Morgan fingerprint density at radius 1 is 0.500 bits per heavy atom. The molecule has 0 bridgehead atoms. The SMILES string of the molecule is NC=O.NC=O.NC=O.NC=O.O=C(O)COCC(=O)O.O=C(O)COCC(=O)O.OCCO. The van der Waals surface area contributed by atoms with Crippen LogP contribution in [0.3, 0.4) is 0 Å². The van der Waals surface area contributed by atoms with Gasteiger partial charge in [0.1, 0.15) is 26.4 Å². The van der Waals surface area contributed by atoms with Gasteiger partial charge in [0.05, 0.1) is 13.2 Å². The number of hydrogen-bond acceptors (Lipinski definition) is 12. The second-order valence-electron chi connectivity index (χ2n) is 3.55. The fourth-order valence-electron chi connectivity index (χ4n) is 0.451. The second kappa shape index (κ2) is 56.7. The normalized spacial score (nSPS) is 7.00. The van der Waals surface area contributed by atoms with Gasteiger partial charge in [-0.3, -0.25) is 19.2 Å². The lowest BCUT2D eigenvalue weighted by Crippen LogP contribution is -2.13. The van der Waals surface area contributed by atoms with Crippen molar-refractivity contribution in [3.8, 4) is 0 Å². The predicted octanol–water partition coefficient (Wildman–Crippen LogP) is -6.28. The van der Waals surface area contributed by atoms with Gasteiger partial charge in [-0.15, -0.1) is 0 Å². The van der Waals surface area contributed by atoms with Crippen LogP contribution in [-0.2, 0) is 47.8 Å². The molecular weight excluding hydrogens is 480 g/mol. The molecule has 0 radical (unpaired) electrons. The zero-order valence-corrected chi connectivity index (χ0v) is 17.6. The van der Waals surface area contributed by atoms with Crippen LogP contribution < -0.4 is 22.9 Å². The van der Waals surface area contributed by atoms with Crippen molar-refractivity contribution in [2.75, 3.05) is 39.6 Å². The zero-order valence-electron chi connectivity index (χ0n) is 17.6. The monoisotopic (exact) mass is 510 g/mol. The molecule has 20 nitrogen and oxygen atoms in total. The summed E-state index contributed by atoms with van der Waals surface area (Å²) in [5.74, 6) is -4.68. The highest BCUT2D eigenvalue weighted by molar-refractivity contribution is 5.71. The van der Waals surface area contributed by atoms with Gasteiger partial charge in [0.15, 0.2) is 0 Å². The van der Waals surface area contributed by atoms with Crippen LogP contribution in [0.5, 0.6) is 0 Å². The lowest BCUT2D eigenvalue weighted by atomic mass is 10.7. The minimum atomic E-state index is -1.17. The number of nitrogens with two attached hydrogens (primary N) is 4. The Kier molecular flexibility index (Phi) is 79.1. The number of aliphatic hydroxyl groups excluding tert-OH is 2. The number of aliphatic hydroxyl groups is 2. The topological polar surface area (TPSA) is 380 Å². The van der Waals surface area contributed by atoms with E-state index < -0.39 is 50.3 Å². The van der Waals surface area contributed by atoms with E-state index in [0.717, 1.165) is 0 Å². The van der Waals surface area contributed by atoms with Crippen molar-refractivity contribution in [1.29, 1.82) is 0 Å². The summed E-state index contributed by atoms with van der Waals surface area (Å²) < 4.78 is 8.31. The number of ether oxygens (including phenoxy) is 2. The summed E-state index contributed by atoms with van der Waals surface area (Å²) in [5, 5.41) is 46.9. The third kappa shape index (κ3) is 264. The molecule has 0 saturated carbocycles. The van der Waals surface area contributed by atoms with Crippen LogP contribution in [0.25, 0.3) is 0 Å². The standard InChI is InChI=1S/2C4H6O5.C2H6O2.4CH3NO/c2*5-3(6)1-9-2-4(7)8;3-1-2-4;4*2-1-3/h2*1-2H2,(H,5,6)(H,7,8);3-4H,1-2H2;4*1H,(H2,2,3). The van der Waals surface area contributed by atoms with Crippen LogP contribution in [0.15, 0.2) is 0 Å². The van der Waals surface area contributed by atoms with Gasteiger partial charge in [0.25, 0.3) is 0 Å². The first-order valence-electron chi connectivity index (χ1n) is 7.69. The summed E-state index contributed by atoms with van der Waals surface area (Å²) in [6, 6.07) is 0. The van der Waals surface area contributed by atoms with Crippen molar-refractivity contribution in [1.82, 2.24) is 0 Å². The van der Waals surface area contributed by atoms with Gasteiger partial charge in [-0.2, -0.15) is 0 Å². The highest BCUT2D eigenvalue weighted by Gasteiger charge is 1.99. The first kappa shape index (κ1) is 47.4. The lowest BCUT2D eigenvalue weighted by molar-refractivity contribution is -0.150. The number of carbonyl (C=O) groups is 8. The molecule has 14 N–H and O–H groups in total. The number of hydrogen-bond donors (Lipinski definition) is 10. The summed E-state index contributed by atoms with van der Waals surface area (Å²) >= 11 is 0. The second-order valence-corrected chi connectivity index (χ2v) is 3.55. The largest absolute Gasteiger partial charge is 0.480 e. The molecule has 34 heavy (non-hydrogen) atoms. The molecule has 0 aromatic carbocycles. The van der Waals surface area contributed by atoms with Gasteiger partial charge in [-0.25, -0.2) is 19.2 Å². The van der Waals surface area contributed by atoms with E-state index in [2.05, 4.69) is 32.4 Å². The Morgan fingerprint density at radius 2 is 0.618 bits per heavy atom. The number of aliphatic carboxylic acids is 4. The van der Waals surface area contributed by atoms with Crippen LogP contribution in [0.2, 0.25) is 0 Å². The van der Waals surface area contributed by atoms with E-state index in [0.29, 0.717) is 0 Å². The van der Waals surface area contributed by atoms with E-state index in [1.807, 2.05) is 0 Å². The summed E-state index contributed by atoms with van der Waals surface area (Å²) in [6.07, 6.45) is 1.00. The van der Waals surface area contributed by atoms with E-state index >= 15 is 0 Å². The van der Waals surface area contributed by atoms with Crippen LogP contribution in [0, 0.1) is 0 Å². The molecule has 4 amide bonds. The molecule has 202 valence electrons. The average Bonchev–Trinajstić information content (AvgIpc) is 2.70. The number of rotatable bonds is 9. The Hall–Kier alpha value is -4.40. The number of amides is 4.